The van der Waals surface area contributed by atoms with E-state index in [1.807, 2.05) is 6.08 Å². The molecule has 2 aromatic carbocycles. The van der Waals surface area contributed by atoms with E-state index < -0.39 is 16.6 Å². The van der Waals surface area contributed by atoms with Gasteiger partial charge in [0.05, 0.1) is 13.2 Å². The number of aryl methyl sites for hydroxylation is 2. The molecular formula is C34H57BrO2Si2. The summed E-state index contributed by atoms with van der Waals surface area (Å²) in [6.07, 6.45) is 4.68. The summed E-state index contributed by atoms with van der Waals surface area (Å²) in [7, 11) is -3.28. The van der Waals surface area contributed by atoms with Gasteiger partial charge in [0.2, 0.25) is 0 Å². The molecule has 0 aliphatic carbocycles. The monoisotopic (exact) mass is 632 g/mol. The first kappa shape index (κ1) is 37.8. The van der Waals surface area contributed by atoms with Gasteiger partial charge in [0, 0.05) is 5.33 Å². The van der Waals surface area contributed by atoms with E-state index in [0.717, 1.165) is 25.0 Å². The predicted octanol–water partition coefficient (Wildman–Crippen LogP) is 11.3. The second kappa shape index (κ2) is 16.9. The summed E-state index contributed by atoms with van der Waals surface area (Å²) in [5.74, 6) is 0. The molecule has 220 valence electrons. The lowest BCUT2D eigenvalue weighted by Gasteiger charge is -2.36. The molecule has 2 nitrogen and oxygen atoms in total. The Kier molecular flexibility index (Phi) is 16.3. The minimum Gasteiger partial charge on any atom is -0.413 e. The maximum absolute atomic E-state index is 6.33. The van der Waals surface area contributed by atoms with Crippen LogP contribution >= 0.6 is 15.9 Å². The van der Waals surface area contributed by atoms with Crippen LogP contribution in [0, 0.1) is 13.8 Å². The molecular weight excluding hydrogens is 576 g/mol. The van der Waals surface area contributed by atoms with Crippen molar-refractivity contribution in [2.75, 3.05) is 5.33 Å². The Balaban J connectivity index is 0.000000658. The number of benzene rings is 2. The van der Waals surface area contributed by atoms with Gasteiger partial charge in [0.25, 0.3) is 0 Å². The molecule has 0 N–H and O–H groups in total. The Labute approximate surface area is 252 Å². The summed E-state index contributed by atoms with van der Waals surface area (Å²) in [5, 5.41) is 1.44. The third-order valence-corrected chi connectivity index (χ3v) is 17.3. The van der Waals surface area contributed by atoms with Crippen molar-refractivity contribution >= 4 is 32.6 Å². The van der Waals surface area contributed by atoms with Gasteiger partial charge in [0.1, 0.15) is 0 Å². The van der Waals surface area contributed by atoms with Gasteiger partial charge in [-0.25, -0.2) is 0 Å². The number of halogens is 1. The van der Waals surface area contributed by atoms with Crippen molar-refractivity contribution in [2.45, 2.75) is 111 Å². The van der Waals surface area contributed by atoms with Crippen LogP contribution in [0.25, 0.3) is 0 Å². The van der Waals surface area contributed by atoms with E-state index in [9.17, 15) is 0 Å². The van der Waals surface area contributed by atoms with Crippen LogP contribution in [0.2, 0.25) is 36.3 Å². The van der Waals surface area contributed by atoms with Crippen molar-refractivity contribution in [3.63, 3.8) is 0 Å². The highest BCUT2D eigenvalue weighted by atomic mass is 79.9. The van der Waals surface area contributed by atoms with Crippen molar-refractivity contribution in [2.24, 2.45) is 0 Å². The lowest BCUT2D eigenvalue weighted by molar-refractivity contribution is 0.275. The average Bonchev–Trinajstić information content (AvgIpc) is 2.82. The van der Waals surface area contributed by atoms with Crippen LogP contribution in [0.15, 0.2) is 67.8 Å². The van der Waals surface area contributed by atoms with Crippen LogP contribution in [0.1, 0.15) is 69.4 Å². The van der Waals surface area contributed by atoms with E-state index in [0.29, 0.717) is 0 Å². The summed E-state index contributed by atoms with van der Waals surface area (Å²) < 4.78 is 12.5. The molecule has 0 unspecified atom stereocenters. The highest BCUT2D eigenvalue weighted by Crippen LogP contribution is 2.38. The van der Waals surface area contributed by atoms with E-state index in [1.165, 1.54) is 27.8 Å². The quantitative estimate of drug-likeness (QED) is 0.155. The Morgan fingerprint density at radius 2 is 1.26 bits per heavy atom. The topological polar surface area (TPSA) is 18.5 Å². The fraction of sp³-hybridized carbons (Fsp3) is 0.529. The Morgan fingerprint density at radius 3 is 1.69 bits per heavy atom. The highest BCUT2D eigenvalue weighted by Gasteiger charge is 2.37. The fourth-order valence-electron chi connectivity index (χ4n) is 3.09. The van der Waals surface area contributed by atoms with Crippen molar-refractivity contribution in [1.29, 1.82) is 0 Å². The van der Waals surface area contributed by atoms with E-state index >= 15 is 0 Å². The molecule has 0 saturated heterocycles. The minimum absolute atomic E-state index is 0.259. The van der Waals surface area contributed by atoms with Gasteiger partial charge in [-0.3, -0.25) is 0 Å². The maximum atomic E-state index is 6.33. The zero-order valence-corrected chi connectivity index (χ0v) is 30.7. The number of hydrogen-bond donors (Lipinski definition) is 0. The van der Waals surface area contributed by atoms with Crippen molar-refractivity contribution in [3.8, 4) is 0 Å². The summed E-state index contributed by atoms with van der Waals surface area (Å²) in [6.45, 7) is 35.9. The largest absolute Gasteiger partial charge is 0.413 e. The first-order valence-corrected chi connectivity index (χ1v) is 20.9. The van der Waals surface area contributed by atoms with Crippen LogP contribution in [0.5, 0.6) is 0 Å². The van der Waals surface area contributed by atoms with E-state index in [4.69, 9.17) is 8.85 Å². The van der Waals surface area contributed by atoms with Gasteiger partial charge in [0.15, 0.2) is 16.6 Å². The smallest absolute Gasteiger partial charge is 0.192 e. The summed E-state index contributed by atoms with van der Waals surface area (Å²) in [5.41, 5.74) is 6.60. The number of allylic oxidation sites excluding steroid dienone is 2. The Hall–Kier alpha value is -1.25. The van der Waals surface area contributed by atoms with Gasteiger partial charge in [-0.1, -0.05) is 118 Å². The third-order valence-electron chi connectivity index (χ3n) is 7.85. The molecule has 0 radical (unpaired) electrons. The van der Waals surface area contributed by atoms with Gasteiger partial charge in [-0.15, -0.1) is 13.2 Å². The lowest BCUT2D eigenvalue weighted by atomic mass is 10.00. The zero-order valence-electron chi connectivity index (χ0n) is 27.1. The maximum Gasteiger partial charge on any atom is 0.192 e. The van der Waals surface area contributed by atoms with Crippen LogP contribution < -0.4 is 0 Å². The Morgan fingerprint density at radius 1 is 0.769 bits per heavy atom. The summed E-state index contributed by atoms with van der Waals surface area (Å²) in [6, 6.07) is 15.0. The molecule has 0 fully saturated rings. The van der Waals surface area contributed by atoms with Gasteiger partial charge >= 0.3 is 0 Å². The molecule has 2 rings (SSSR count). The first-order valence-electron chi connectivity index (χ1n) is 14.0. The van der Waals surface area contributed by atoms with E-state index in [1.54, 1.807) is 6.08 Å². The van der Waals surface area contributed by atoms with Crippen LogP contribution in [0.4, 0.5) is 0 Å². The molecule has 0 aromatic heterocycles. The number of rotatable bonds is 9. The minimum atomic E-state index is -1.68. The van der Waals surface area contributed by atoms with Crippen LogP contribution in [-0.4, -0.2) is 22.0 Å². The van der Waals surface area contributed by atoms with Crippen molar-refractivity contribution in [1.82, 2.24) is 0 Å². The van der Waals surface area contributed by atoms with Gasteiger partial charge < -0.3 is 8.85 Å². The van der Waals surface area contributed by atoms with E-state index in [2.05, 4.69) is 153 Å². The molecule has 0 amide bonds. The lowest BCUT2D eigenvalue weighted by Crippen LogP contribution is -2.40. The summed E-state index contributed by atoms with van der Waals surface area (Å²) in [4.78, 5) is 0. The van der Waals surface area contributed by atoms with E-state index in [-0.39, 0.29) is 10.1 Å². The summed E-state index contributed by atoms with van der Waals surface area (Å²) >= 11 is 3.13. The standard InChI is InChI=1S/C17H28OSi.C14H24OSi.C3H5Br/c1-8-10-16-14(2)11-9-12-15(16)13-18-19(6,7)17(3,4)5;1-12-8-7-9-13(10-12)11-15-16(5,6)14(2,3)4;1-2-3-4/h8-9,11-12H,1,10,13H2,2-7H3;7-10H,11H2,1-6H3;2H,1,3H2. The normalized spacial score (nSPS) is 12.0. The fourth-order valence-corrected chi connectivity index (χ4v) is 5.00. The molecule has 0 saturated carbocycles. The second-order valence-corrected chi connectivity index (χ2v) is 23.5. The number of hydrogen-bond acceptors (Lipinski definition) is 2. The molecule has 0 aliphatic heterocycles. The zero-order chi connectivity index (χ0) is 30.5. The molecule has 0 heterocycles. The van der Waals surface area contributed by atoms with Crippen LogP contribution in [-0.2, 0) is 28.5 Å². The van der Waals surface area contributed by atoms with Gasteiger partial charge in [-0.05, 0) is 78.8 Å². The third kappa shape index (κ3) is 13.8. The second-order valence-electron chi connectivity index (χ2n) is 13.2. The first-order chi connectivity index (χ1) is 17.8. The highest BCUT2D eigenvalue weighted by molar-refractivity contribution is 9.09. The molecule has 2 aromatic rings. The molecule has 0 spiro atoms. The SMILES string of the molecule is C=CCBr.C=CCc1c(C)cccc1CO[Si](C)(C)C(C)(C)C.Cc1cccc(CO[Si](C)(C)C(C)(C)C)c1. The van der Waals surface area contributed by atoms with Gasteiger partial charge in [-0.2, -0.15) is 0 Å². The van der Waals surface area contributed by atoms with Crippen molar-refractivity contribution < 1.29 is 8.85 Å². The average molecular weight is 634 g/mol. The molecule has 0 atom stereocenters. The molecule has 5 heteroatoms. The van der Waals surface area contributed by atoms with Crippen molar-refractivity contribution in [3.05, 3.63) is 95.6 Å². The predicted molar refractivity (Wildman–Crippen MR) is 184 cm³/mol. The molecule has 39 heavy (non-hydrogen) atoms. The number of alkyl halides is 1. The molecule has 0 bridgehead atoms. The Bertz CT molecular complexity index is 1010. The molecule has 0 aliphatic rings. The van der Waals surface area contributed by atoms with Crippen LogP contribution in [0.3, 0.4) is 0 Å².